The lowest BCUT2D eigenvalue weighted by atomic mass is 9.89. The van der Waals surface area contributed by atoms with Crippen molar-refractivity contribution in [2.75, 3.05) is 6.54 Å². The van der Waals surface area contributed by atoms with Crippen LogP contribution in [-0.2, 0) is 6.42 Å². The highest BCUT2D eigenvalue weighted by molar-refractivity contribution is 5.36. The Bertz CT molecular complexity index is 318. The molecule has 2 nitrogen and oxygen atoms in total. The quantitative estimate of drug-likeness (QED) is 0.777. The molecule has 76 valence electrons. The lowest BCUT2D eigenvalue weighted by Crippen LogP contribution is -2.45. The first-order valence-electron chi connectivity index (χ1n) is 5.27. The molecule has 1 aromatic rings. The van der Waals surface area contributed by atoms with E-state index in [0.29, 0.717) is 6.54 Å². The summed E-state index contributed by atoms with van der Waals surface area (Å²) in [6, 6.07) is 8.24. The van der Waals surface area contributed by atoms with Crippen molar-refractivity contribution >= 4 is 0 Å². The largest absolute Gasteiger partial charge is 0.486 e. The molecule has 0 fully saturated rings. The first kappa shape index (κ1) is 9.53. The number of hydrogen-bond donors (Lipinski definition) is 1. The first-order valence-corrected chi connectivity index (χ1v) is 5.27. The fraction of sp³-hybridized carbons (Fsp3) is 0.500. The molecular formula is C12H17NO. The normalized spacial score (nSPS) is 25.3. The summed E-state index contributed by atoms with van der Waals surface area (Å²) in [5.41, 5.74) is 6.97. The van der Waals surface area contributed by atoms with Crippen LogP contribution in [0.2, 0.25) is 0 Å². The van der Waals surface area contributed by atoms with Crippen LogP contribution in [0, 0.1) is 0 Å². The first-order chi connectivity index (χ1) is 6.79. The standard InChI is InChI=1S/C12H17NO/c1-2-12(9-13)8-7-10-5-3-4-6-11(10)14-12/h3-6H,2,7-9,13H2,1H3. The predicted octanol–water partition coefficient (Wildman–Crippen LogP) is 2.12. The van der Waals surface area contributed by atoms with E-state index in [1.54, 1.807) is 0 Å². The Hall–Kier alpha value is -1.02. The van der Waals surface area contributed by atoms with Crippen molar-refractivity contribution in [3.63, 3.8) is 0 Å². The minimum atomic E-state index is -0.117. The summed E-state index contributed by atoms with van der Waals surface area (Å²) >= 11 is 0. The summed E-state index contributed by atoms with van der Waals surface area (Å²) in [6.45, 7) is 2.75. The number of nitrogens with two attached hydrogens (primary N) is 1. The Kier molecular flexibility index (Phi) is 2.46. The third-order valence-electron chi connectivity index (χ3n) is 3.17. The van der Waals surface area contributed by atoms with E-state index < -0.39 is 0 Å². The van der Waals surface area contributed by atoms with Gasteiger partial charge in [-0.1, -0.05) is 25.1 Å². The minimum absolute atomic E-state index is 0.117. The molecule has 2 N–H and O–H groups in total. The number of rotatable bonds is 2. The van der Waals surface area contributed by atoms with Gasteiger partial charge in [-0.05, 0) is 30.9 Å². The highest BCUT2D eigenvalue weighted by atomic mass is 16.5. The zero-order valence-electron chi connectivity index (χ0n) is 8.62. The van der Waals surface area contributed by atoms with E-state index in [1.165, 1.54) is 5.56 Å². The molecule has 2 heteroatoms. The highest BCUT2D eigenvalue weighted by Crippen LogP contribution is 2.34. The number of fused-ring (bicyclic) bond motifs is 1. The molecule has 0 aromatic heterocycles. The molecule has 1 aliphatic rings. The Labute approximate surface area is 85.1 Å². The summed E-state index contributed by atoms with van der Waals surface area (Å²) in [5.74, 6) is 1.02. The van der Waals surface area contributed by atoms with Crippen LogP contribution < -0.4 is 10.5 Å². The van der Waals surface area contributed by atoms with Gasteiger partial charge in [0.2, 0.25) is 0 Å². The number of aryl methyl sites for hydroxylation is 1. The highest BCUT2D eigenvalue weighted by Gasteiger charge is 2.32. The van der Waals surface area contributed by atoms with Crippen LogP contribution in [-0.4, -0.2) is 12.1 Å². The maximum absolute atomic E-state index is 5.99. The lowest BCUT2D eigenvalue weighted by molar-refractivity contribution is 0.0508. The Balaban J connectivity index is 2.28. The zero-order valence-corrected chi connectivity index (χ0v) is 8.62. The summed E-state index contributed by atoms with van der Waals surface area (Å²) < 4.78 is 5.99. The monoisotopic (exact) mass is 191 g/mol. The van der Waals surface area contributed by atoms with Crippen molar-refractivity contribution in [2.24, 2.45) is 5.73 Å². The van der Waals surface area contributed by atoms with Crippen LogP contribution in [0.1, 0.15) is 25.3 Å². The third kappa shape index (κ3) is 1.50. The Morgan fingerprint density at radius 1 is 1.43 bits per heavy atom. The van der Waals surface area contributed by atoms with E-state index >= 15 is 0 Å². The molecule has 0 saturated heterocycles. The molecule has 1 atom stereocenters. The second-order valence-electron chi connectivity index (χ2n) is 3.95. The predicted molar refractivity (Wildman–Crippen MR) is 57.5 cm³/mol. The number of para-hydroxylation sites is 1. The van der Waals surface area contributed by atoms with Crippen molar-refractivity contribution in [3.8, 4) is 5.75 Å². The summed E-state index contributed by atoms with van der Waals surface area (Å²) in [7, 11) is 0. The fourth-order valence-electron chi connectivity index (χ4n) is 1.99. The van der Waals surface area contributed by atoms with Gasteiger partial charge in [0.1, 0.15) is 11.4 Å². The van der Waals surface area contributed by atoms with E-state index in [2.05, 4.69) is 19.1 Å². The van der Waals surface area contributed by atoms with Crippen LogP contribution in [0.15, 0.2) is 24.3 Å². The molecule has 2 rings (SSSR count). The minimum Gasteiger partial charge on any atom is -0.486 e. The average Bonchev–Trinajstić information content (AvgIpc) is 2.28. The molecule has 1 unspecified atom stereocenters. The van der Waals surface area contributed by atoms with Crippen molar-refractivity contribution in [3.05, 3.63) is 29.8 Å². The van der Waals surface area contributed by atoms with Crippen LogP contribution in [0.5, 0.6) is 5.75 Å². The maximum Gasteiger partial charge on any atom is 0.123 e. The SMILES string of the molecule is CCC1(CN)CCc2ccccc2O1. The van der Waals surface area contributed by atoms with Crippen LogP contribution >= 0.6 is 0 Å². The van der Waals surface area contributed by atoms with Crippen LogP contribution in [0.25, 0.3) is 0 Å². The second kappa shape index (κ2) is 3.62. The fourth-order valence-corrected chi connectivity index (χ4v) is 1.99. The molecule has 0 radical (unpaired) electrons. The molecular weight excluding hydrogens is 174 g/mol. The van der Waals surface area contributed by atoms with Gasteiger partial charge < -0.3 is 10.5 Å². The zero-order chi connectivity index (χ0) is 10.0. The third-order valence-corrected chi connectivity index (χ3v) is 3.17. The molecule has 0 amide bonds. The molecule has 0 spiro atoms. The van der Waals surface area contributed by atoms with Crippen molar-refractivity contribution in [2.45, 2.75) is 31.8 Å². The van der Waals surface area contributed by atoms with Gasteiger partial charge >= 0.3 is 0 Å². The maximum atomic E-state index is 5.99. The van der Waals surface area contributed by atoms with E-state index in [9.17, 15) is 0 Å². The van der Waals surface area contributed by atoms with E-state index in [4.69, 9.17) is 10.5 Å². The van der Waals surface area contributed by atoms with Gasteiger partial charge in [-0.2, -0.15) is 0 Å². The summed E-state index contributed by atoms with van der Waals surface area (Å²) in [4.78, 5) is 0. The summed E-state index contributed by atoms with van der Waals surface area (Å²) in [6.07, 6.45) is 3.11. The van der Waals surface area contributed by atoms with Gasteiger partial charge in [-0.25, -0.2) is 0 Å². The van der Waals surface area contributed by atoms with E-state index in [1.807, 2.05) is 12.1 Å². The van der Waals surface area contributed by atoms with Gasteiger partial charge in [0.15, 0.2) is 0 Å². The second-order valence-corrected chi connectivity index (χ2v) is 3.95. The smallest absolute Gasteiger partial charge is 0.123 e. The van der Waals surface area contributed by atoms with Crippen LogP contribution in [0.4, 0.5) is 0 Å². The number of ether oxygens (including phenoxy) is 1. The molecule has 1 aromatic carbocycles. The molecule has 0 aliphatic carbocycles. The van der Waals surface area contributed by atoms with Crippen LogP contribution in [0.3, 0.4) is 0 Å². The van der Waals surface area contributed by atoms with E-state index in [-0.39, 0.29) is 5.60 Å². The van der Waals surface area contributed by atoms with Gasteiger partial charge in [-0.15, -0.1) is 0 Å². The van der Waals surface area contributed by atoms with E-state index in [0.717, 1.165) is 25.0 Å². The topological polar surface area (TPSA) is 35.2 Å². The summed E-state index contributed by atoms with van der Waals surface area (Å²) in [5, 5.41) is 0. The molecule has 0 saturated carbocycles. The van der Waals surface area contributed by atoms with Gasteiger partial charge in [0.25, 0.3) is 0 Å². The molecule has 1 heterocycles. The van der Waals surface area contributed by atoms with Gasteiger partial charge in [-0.3, -0.25) is 0 Å². The van der Waals surface area contributed by atoms with Gasteiger partial charge in [0.05, 0.1) is 0 Å². The molecule has 1 aliphatic heterocycles. The Morgan fingerprint density at radius 2 is 2.21 bits per heavy atom. The lowest BCUT2D eigenvalue weighted by Gasteiger charge is -2.37. The number of hydrogen-bond acceptors (Lipinski definition) is 2. The Morgan fingerprint density at radius 3 is 2.93 bits per heavy atom. The van der Waals surface area contributed by atoms with Crippen molar-refractivity contribution in [1.82, 2.24) is 0 Å². The van der Waals surface area contributed by atoms with Crippen molar-refractivity contribution in [1.29, 1.82) is 0 Å². The molecule has 14 heavy (non-hydrogen) atoms. The number of benzene rings is 1. The van der Waals surface area contributed by atoms with Gasteiger partial charge in [0, 0.05) is 6.54 Å². The average molecular weight is 191 g/mol. The molecule has 0 bridgehead atoms. The van der Waals surface area contributed by atoms with Crippen molar-refractivity contribution < 1.29 is 4.74 Å².